The van der Waals surface area contributed by atoms with E-state index in [1.165, 1.54) is 0 Å². The second-order valence-electron chi connectivity index (χ2n) is 6.53. The number of carbonyl (C=O) groups excluding carboxylic acids is 3. The highest BCUT2D eigenvalue weighted by Crippen LogP contribution is 2.21. The molecule has 0 radical (unpaired) electrons. The van der Waals surface area contributed by atoms with Crippen molar-refractivity contribution in [1.29, 1.82) is 0 Å². The van der Waals surface area contributed by atoms with E-state index in [-0.39, 0.29) is 37.0 Å². The molecule has 0 saturated heterocycles. The lowest BCUT2D eigenvalue weighted by Gasteiger charge is -2.13. The first-order chi connectivity index (χ1) is 12.8. The molecule has 2 aromatic rings. The second kappa shape index (κ2) is 9.33. The lowest BCUT2D eigenvalue weighted by Crippen LogP contribution is -2.33. The maximum atomic E-state index is 12.1. The monoisotopic (exact) mass is 386 g/mol. The Balaban J connectivity index is 1.79. The molecule has 0 fully saturated rings. The number of ketones is 1. The van der Waals surface area contributed by atoms with Gasteiger partial charge in [0.15, 0.2) is 5.78 Å². The smallest absolute Gasteiger partial charge is 0.243 e. The Morgan fingerprint density at radius 2 is 1.48 bits per heavy atom. The van der Waals surface area contributed by atoms with Crippen molar-refractivity contribution in [2.24, 2.45) is 0 Å². The summed E-state index contributed by atoms with van der Waals surface area (Å²) < 4.78 is 0. The normalized spacial score (nSPS) is 10.4. The average molecular weight is 387 g/mol. The summed E-state index contributed by atoms with van der Waals surface area (Å²) in [5.41, 5.74) is 4.34. The maximum absolute atomic E-state index is 12.1. The van der Waals surface area contributed by atoms with Crippen molar-refractivity contribution in [2.75, 3.05) is 11.9 Å². The number of nitrogens with one attached hydrogen (secondary N) is 2. The first kappa shape index (κ1) is 20.6. The quantitative estimate of drug-likeness (QED) is 0.706. The van der Waals surface area contributed by atoms with E-state index in [0.29, 0.717) is 10.6 Å². The molecule has 142 valence electrons. The summed E-state index contributed by atoms with van der Waals surface area (Å²) in [5.74, 6) is -0.788. The summed E-state index contributed by atoms with van der Waals surface area (Å²) in [5, 5.41) is 5.92. The average Bonchev–Trinajstić information content (AvgIpc) is 2.61. The van der Waals surface area contributed by atoms with Crippen LogP contribution in [0.4, 0.5) is 5.69 Å². The number of halogens is 1. The van der Waals surface area contributed by atoms with Crippen LogP contribution in [0, 0.1) is 20.8 Å². The zero-order valence-electron chi connectivity index (χ0n) is 15.7. The third kappa shape index (κ3) is 6.22. The largest absolute Gasteiger partial charge is 0.347 e. The minimum Gasteiger partial charge on any atom is -0.347 e. The van der Waals surface area contributed by atoms with Gasteiger partial charge in [0.25, 0.3) is 0 Å². The fourth-order valence-corrected chi connectivity index (χ4v) is 2.96. The number of hydrogen-bond acceptors (Lipinski definition) is 3. The van der Waals surface area contributed by atoms with Crippen molar-refractivity contribution in [2.45, 2.75) is 33.6 Å². The summed E-state index contributed by atoms with van der Waals surface area (Å²) >= 11 is 5.79. The zero-order valence-corrected chi connectivity index (χ0v) is 16.4. The van der Waals surface area contributed by atoms with Gasteiger partial charge in [-0.2, -0.15) is 0 Å². The van der Waals surface area contributed by atoms with Gasteiger partial charge in [0.05, 0.1) is 6.54 Å². The van der Waals surface area contributed by atoms with Gasteiger partial charge in [0, 0.05) is 29.1 Å². The number of anilines is 1. The molecule has 0 aliphatic rings. The molecule has 0 heterocycles. The van der Waals surface area contributed by atoms with E-state index in [2.05, 4.69) is 10.6 Å². The molecule has 5 nitrogen and oxygen atoms in total. The number of benzene rings is 2. The summed E-state index contributed by atoms with van der Waals surface area (Å²) in [7, 11) is 0. The van der Waals surface area contributed by atoms with Crippen molar-refractivity contribution in [3.05, 3.63) is 63.7 Å². The predicted octanol–water partition coefficient (Wildman–Crippen LogP) is 3.98. The minimum absolute atomic E-state index is 0.0251. The van der Waals surface area contributed by atoms with Crippen LogP contribution < -0.4 is 10.6 Å². The molecule has 27 heavy (non-hydrogen) atoms. The SMILES string of the molecule is Cc1cc(C)c(NC(=O)CNC(=O)CCC(=O)c2ccc(Cl)cc2)c(C)c1. The number of aryl methyl sites for hydroxylation is 3. The van der Waals surface area contributed by atoms with Crippen LogP contribution in [-0.2, 0) is 9.59 Å². The number of amides is 2. The second-order valence-corrected chi connectivity index (χ2v) is 6.97. The fourth-order valence-electron chi connectivity index (χ4n) is 2.84. The van der Waals surface area contributed by atoms with E-state index < -0.39 is 0 Å². The molecule has 0 atom stereocenters. The van der Waals surface area contributed by atoms with Crippen LogP contribution in [0.2, 0.25) is 5.02 Å². The Morgan fingerprint density at radius 3 is 2.07 bits per heavy atom. The molecule has 0 saturated carbocycles. The molecule has 2 N–H and O–H groups in total. The third-order valence-electron chi connectivity index (χ3n) is 4.13. The standard InChI is InChI=1S/C21H23ClN2O3/c1-13-10-14(2)21(15(3)11-13)24-20(27)12-23-19(26)9-8-18(25)16-4-6-17(22)7-5-16/h4-7,10-11H,8-9,12H2,1-3H3,(H,23,26)(H,24,27). The lowest BCUT2D eigenvalue weighted by molar-refractivity contribution is -0.124. The van der Waals surface area contributed by atoms with Crippen LogP contribution in [0.15, 0.2) is 36.4 Å². The van der Waals surface area contributed by atoms with Crippen molar-refractivity contribution in [1.82, 2.24) is 5.32 Å². The van der Waals surface area contributed by atoms with Gasteiger partial charge in [-0.05, 0) is 56.2 Å². The van der Waals surface area contributed by atoms with E-state index in [1.807, 2.05) is 32.9 Å². The van der Waals surface area contributed by atoms with Gasteiger partial charge in [0.1, 0.15) is 0 Å². The van der Waals surface area contributed by atoms with Gasteiger partial charge in [-0.1, -0.05) is 29.3 Å². The Bertz CT molecular complexity index is 837. The molecule has 6 heteroatoms. The molecule has 2 amide bonds. The first-order valence-electron chi connectivity index (χ1n) is 8.69. The molecular formula is C21H23ClN2O3. The summed E-state index contributed by atoms with van der Waals surface area (Å²) in [6, 6.07) is 10.5. The summed E-state index contributed by atoms with van der Waals surface area (Å²) in [6.07, 6.45) is 0.0998. The van der Waals surface area contributed by atoms with Gasteiger partial charge in [0.2, 0.25) is 11.8 Å². The number of carbonyl (C=O) groups is 3. The van der Waals surface area contributed by atoms with Gasteiger partial charge in [-0.25, -0.2) is 0 Å². The van der Waals surface area contributed by atoms with E-state index >= 15 is 0 Å². The molecule has 0 unspecified atom stereocenters. The Hall–Kier alpha value is -2.66. The van der Waals surface area contributed by atoms with Crippen molar-refractivity contribution >= 4 is 34.9 Å². The zero-order chi connectivity index (χ0) is 20.0. The molecule has 0 aromatic heterocycles. The topological polar surface area (TPSA) is 75.3 Å². The van der Waals surface area contributed by atoms with Gasteiger partial charge in [-0.15, -0.1) is 0 Å². The van der Waals surface area contributed by atoms with E-state index in [0.717, 1.165) is 22.4 Å². The molecule has 0 bridgehead atoms. The van der Waals surface area contributed by atoms with Crippen LogP contribution in [0.25, 0.3) is 0 Å². The molecule has 0 spiro atoms. The number of rotatable bonds is 7. The maximum Gasteiger partial charge on any atom is 0.243 e. The number of Topliss-reactive ketones (excluding diaryl/α,β-unsaturated/α-hetero) is 1. The van der Waals surface area contributed by atoms with Crippen LogP contribution >= 0.6 is 11.6 Å². The van der Waals surface area contributed by atoms with Crippen LogP contribution in [0.1, 0.15) is 39.9 Å². The minimum atomic E-state index is -0.343. The molecule has 0 aliphatic carbocycles. The molecular weight excluding hydrogens is 364 g/mol. The first-order valence-corrected chi connectivity index (χ1v) is 9.07. The highest BCUT2D eigenvalue weighted by Gasteiger charge is 2.12. The summed E-state index contributed by atoms with van der Waals surface area (Å²) in [6.45, 7) is 5.71. The highest BCUT2D eigenvalue weighted by molar-refractivity contribution is 6.30. The highest BCUT2D eigenvalue weighted by atomic mass is 35.5. The third-order valence-corrected chi connectivity index (χ3v) is 4.38. The van der Waals surface area contributed by atoms with Gasteiger partial charge < -0.3 is 10.6 Å². The van der Waals surface area contributed by atoms with Gasteiger partial charge >= 0.3 is 0 Å². The van der Waals surface area contributed by atoms with Crippen molar-refractivity contribution in [3.63, 3.8) is 0 Å². The van der Waals surface area contributed by atoms with Crippen LogP contribution in [0.5, 0.6) is 0 Å². The van der Waals surface area contributed by atoms with E-state index in [4.69, 9.17) is 11.6 Å². The summed E-state index contributed by atoms with van der Waals surface area (Å²) in [4.78, 5) is 36.0. The van der Waals surface area contributed by atoms with Crippen molar-refractivity contribution in [3.8, 4) is 0 Å². The Labute approximate surface area is 164 Å². The van der Waals surface area contributed by atoms with Gasteiger partial charge in [-0.3, -0.25) is 14.4 Å². The predicted molar refractivity (Wildman–Crippen MR) is 107 cm³/mol. The van der Waals surface area contributed by atoms with E-state index in [1.54, 1.807) is 24.3 Å². The van der Waals surface area contributed by atoms with Crippen molar-refractivity contribution < 1.29 is 14.4 Å². The Morgan fingerprint density at radius 1 is 0.889 bits per heavy atom. The molecule has 0 aliphatic heterocycles. The Kier molecular flexibility index (Phi) is 7.13. The molecule has 2 rings (SSSR count). The number of hydrogen-bond donors (Lipinski definition) is 2. The van der Waals surface area contributed by atoms with Crippen LogP contribution in [-0.4, -0.2) is 24.1 Å². The lowest BCUT2D eigenvalue weighted by atomic mass is 10.1. The molecule has 2 aromatic carbocycles. The fraction of sp³-hybridized carbons (Fsp3) is 0.286. The van der Waals surface area contributed by atoms with Crippen LogP contribution in [0.3, 0.4) is 0 Å². The van der Waals surface area contributed by atoms with E-state index in [9.17, 15) is 14.4 Å².